The van der Waals surface area contributed by atoms with Crippen LogP contribution in [0, 0.1) is 0 Å². The maximum absolute atomic E-state index is 12.6. The van der Waals surface area contributed by atoms with E-state index in [-0.39, 0.29) is 17.7 Å². The Morgan fingerprint density at radius 1 is 1.04 bits per heavy atom. The lowest BCUT2D eigenvalue weighted by Gasteiger charge is -2.19. The van der Waals surface area contributed by atoms with Crippen LogP contribution in [0.25, 0.3) is 0 Å². The first-order chi connectivity index (χ1) is 13.2. The second-order valence-electron chi connectivity index (χ2n) is 6.42. The van der Waals surface area contributed by atoms with Crippen LogP contribution in [-0.2, 0) is 15.6 Å². The molecule has 8 heteroatoms. The Kier molecular flexibility index (Phi) is 6.90. The summed E-state index contributed by atoms with van der Waals surface area (Å²) in [6, 6.07) is 9.76. The van der Waals surface area contributed by atoms with E-state index in [1.165, 1.54) is 21.3 Å². The SMILES string of the molecule is COc1cc(C(C)NC(=O)c2cccc(CS(C)(=O)=O)c2)cc(OC)c1OC. The zero-order valence-electron chi connectivity index (χ0n) is 16.6. The van der Waals surface area contributed by atoms with Gasteiger partial charge < -0.3 is 19.5 Å². The number of rotatable bonds is 8. The van der Waals surface area contributed by atoms with Gasteiger partial charge in [-0.2, -0.15) is 0 Å². The van der Waals surface area contributed by atoms with E-state index >= 15 is 0 Å². The van der Waals surface area contributed by atoms with E-state index in [0.717, 1.165) is 11.8 Å². The second kappa shape index (κ2) is 8.97. The minimum atomic E-state index is -3.18. The molecule has 0 saturated carbocycles. The number of ether oxygens (including phenoxy) is 3. The Bertz CT molecular complexity index is 930. The minimum Gasteiger partial charge on any atom is -0.493 e. The number of hydrogen-bond donors (Lipinski definition) is 1. The Hall–Kier alpha value is -2.74. The van der Waals surface area contributed by atoms with Gasteiger partial charge in [0.2, 0.25) is 5.75 Å². The van der Waals surface area contributed by atoms with Gasteiger partial charge in [-0.25, -0.2) is 8.42 Å². The minimum absolute atomic E-state index is 0.115. The van der Waals surface area contributed by atoms with Crippen LogP contribution in [0.2, 0.25) is 0 Å². The largest absolute Gasteiger partial charge is 0.493 e. The Balaban J connectivity index is 2.24. The summed E-state index contributed by atoms with van der Waals surface area (Å²) < 4.78 is 39.0. The zero-order chi connectivity index (χ0) is 20.9. The number of benzene rings is 2. The van der Waals surface area contributed by atoms with Crippen molar-refractivity contribution in [2.24, 2.45) is 0 Å². The van der Waals surface area contributed by atoms with Crippen LogP contribution < -0.4 is 19.5 Å². The molecule has 2 rings (SSSR count). The fourth-order valence-electron chi connectivity index (χ4n) is 2.82. The molecule has 7 nitrogen and oxygen atoms in total. The van der Waals surface area contributed by atoms with Gasteiger partial charge in [0.15, 0.2) is 21.3 Å². The topological polar surface area (TPSA) is 90.9 Å². The number of methoxy groups -OCH3 is 3. The third-order valence-electron chi connectivity index (χ3n) is 4.15. The molecule has 1 atom stereocenters. The Labute approximate surface area is 165 Å². The van der Waals surface area contributed by atoms with Crippen molar-refractivity contribution in [1.29, 1.82) is 0 Å². The van der Waals surface area contributed by atoms with Gasteiger partial charge in [-0.05, 0) is 42.3 Å². The number of carbonyl (C=O) groups is 1. The summed E-state index contributed by atoms with van der Waals surface area (Å²) >= 11 is 0. The van der Waals surface area contributed by atoms with E-state index in [4.69, 9.17) is 14.2 Å². The predicted molar refractivity (Wildman–Crippen MR) is 107 cm³/mol. The van der Waals surface area contributed by atoms with Crippen LogP contribution in [0.15, 0.2) is 36.4 Å². The van der Waals surface area contributed by atoms with Crippen LogP contribution >= 0.6 is 0 Å². The summed E-state index contributed by atoms with van der Waals surface area (Å²) in [4.78, 5) is 12.6. The molecule has 0 bridgehead atoms. The smallest absolute Gasteiger partial charge is 0.251 e. The average molecular weight is 407 g/mol. The zero-order valence-corrected chi connectivity index (χ0v) is 17.4. The van der Waals surface area contributed by atoms with Crippen molar-refractivity contribution in [2.45, 2.75) is 18.7 Å². The highest BCUT2D eigenvalue weighted by molar-refractivity contribution is 7.89. The third-order valence-corrected chi connectivity index (χ3v) is 5.01. The van der Waals surface area contributed by atoms with Crippen LogP contribution in [0.1, 0.15) is 34.5 Å². The molecular formula is C20H25NO6S. The van der Waals surface area contributed by atoms with Gasteiger partial charge in [0, 0.05) is 11.8 Å². The van der Waals surface area contributed by atoms with E-state index in [2.05, 4.69) is 5.32 Å². The second-order valence-corrected chi connectivity index (χ2v) is 8.56. The van der Waals surface area contributed by atoms with Crippen LogP contribution in [0.5, 0.6) is 17.2 Å². The Morgan fingerprint density at radius 2 is 1.64 bits per heavy atom. The molecule has 0 spiro atoms. The molecule has 0 aromatic heterocycles. The molecule has 0 aliphatic carbocycles. The van der Waals surface area contributed by atoms with Crippen LogP contribution in [0.4, 0.5) is 0 Å². The van der Waals surface area contributed by atoms with Crippen LogP contribution in [-0.4, -0.2) is 41.9 Å². The lowest BCUT2D eigenvalue weighted by molar-refractivity contribution is 0.0939. The summed E-state index contributed by atoms with van der Waals surface area (Å²) in [5, 5.41) is 2.90. The van der Waals surface area contributed by atoms with E-state index in [1.807, 2.05) is 6.92 Å². The molecule has 0 fully saturated rings. The standard InChI is InChI=1S/C20H25NO6S/c1-13(16-10-17(25-2)19(27-4)18(11-16)26-3)21-20(22)15-8-6-7-14(9-15)12-28(5,23)24/h6-11,13H,12H2,1-5H3,(H,21,22). The molecule has 2 aromatic carbocycles. The van der Waals surface area contributed by atoms with Crippen molar-refractivity contribution < 1.29 is 27.4 Å². The van der Waals surface area contributed by atoms with Crippen molar-refractivity contribution in [3.63, 3.8) is 0 Å². The number of sulfone groups is 1. The number of carbonyl (C=O) groups excluding carboxylic acids is 1. The van der Waals surface area contributed by atoms with Crippen molar-refractivity contribution in [3.8, 4) is 17.2 Å². The number of hydrogen-bond acceptors (Lipinski definition) is 6. The lowest BCUT2D eigenvalue weighted by atomic mass is 10.1. The highest BCUT2D eigenvalue weighted by Gasteiger charge is 2.18. The molecule has 1 amide bonds. The first-order valence-electron chi connectivity index (χ1n) is 8.56. The molecule has 152 valence electrons. The Morgan fingerprint density at radius 3 is 2.14 bits per heavy atom. The molecule has 1 unspecified atom stereocenters. The maximum Gasteiger partial charge on any atom is 0.251 e. The number of amides is 1. The van der Waals surface area contributed by atoms with Crippen molar-refractivity contribution >= 4 is 15.7 Å². The fraction of sp³-hybridized carbons (Fsp3) is 0.350. The van der Waals surface area contributed by atoms with Gasteiger partial charge >= 0.3 is 0 Å². The highest BCUT2D eigenvalue weighted by Crippen LogP contribution is 2.39. The van der Waals surface area contributed by atoms with E-state index in [9.17, 15) is 13.2 Å². The van der Waals surface area contributed by atoms with E-state index in [0.29, 0.717) is 28.4 Å². The summed E-state index contributed by atoms with van der Waals surface area (Å²) in [6.07, 6.45) is 1.16. The van der Waals surface area contributed by atoms with Crippen LogP contribution in [0.3, 0.4) is 0 Å². The van der Waals surface area contributed by atoms with Crippen molar-refractivity contribution in [2.75, 3.05) is 27.6 Å². The van der Waals surface area contributed by atoms with Gasteiger partial charge in [0.1, 0.15) is 0 Å². The first kappa shape index (κ1) is 21.6. The third kappa shape index (κ3) is 5.39. The van der Waals surface area contributed by atoms with Crippen molar-refractivity contribution in [3.05, 3.63) is 53.1 Å². The quantitative estimate of drug-likeness (QED) is 0.724. The van der Waals surface area contributed by atoms with E-state index in [1.54, 1.807) is 36.4 Å². The fourth-order valence-corrected chi connectivity index (χ4v) is 3.60. The molecule has 0 aliphatic heterocycles. The molecule has 28 heavy (non-hydrogen) atoms. The highest BCUT2D eigenvalue weighted by atomic mass is 32.2. The lowest BCUT2D eigenvalue weighted by Crippen LogP contribution is -2.26. The molecule has 0 saturated heterocycles. The monoisotopic (exact) mass is 407 g/mol. The molecule has 1 N–H and O–H groups in total. The summed E-state index contributed by atoms with van der Waals surface area (Å²) in [6.45, 7) is 1.83. The molecule has 0 radical (unpaired) electrons. The molecule has 2 aromatic rings. The predicted octanol–water partition coefficient (Wildman–Crippen LogP) is 2.75. The van der Waals surface area contributed by atoms with Gasteiger partial charge in [-0.3, -0.25) is 4.79 Å². The normalized spacial score (nSPS) is 12.2. The van der Waals surface area contributed by atoms with Gasteiger partial charge in [0.25, 0.3) is 5.91 Å². The average Bonchev–Trinajstić information content (AvgIpc) is 2.65. The molecule has 0 aliphatic rings. The molecular weight excluding hydrogens is 382 g/mol. The van der Waals surface area contributed by atoms with E-state index < -0.39 is 9.84 Å². The van der Waals surface area contributed by atoms with Gasteiger partial charge in [0.05, 0.1) is 33.1 Å². The van der Waals surface area contributed by atoms with Gasteiger partial charge in [-0.1, -0.05) is 12.1 Å². The summed E-state index contributed by atoms with van der Waals surface area (Å²) in [5.41, 5.74) is 1.73. The summed E-state index contributed by atoms with van der Waals surface area (Å²) in [7, 11) is 1.39. The molecule has 0 heterocycles. The summed E-state index contributed by atoms with van der Waals surface area (Å²) in [5.74, 6) is 1.04. The maximum atomic E-state index is 12.6. The first-order valence-corrected chi connectivity index (χ1v) is 10.6. The number of nitrogens with one attached hydrogen (secondary N) is 1. The van der Waals surface area contributed by atoms with Gasteiger partial charge in [-0.15, -0.1) is 0 Å². The van der Waals surface area contributed by atoms with Crippen molar-refractivity contribution in [1.82, 2.24) is 5.32 Å².